The largest absolute Gasteiger partial charge is 0.497 e. The zero-order valence-corrected chi connectivity index (χ0v) is 22.3. The Balaban J connectivity index is 1.92. The molecule has 0 fully saturated rings. The van der Waals surface area contributed by atoms with Gasteiger partial charge in [0.1, 0.15) is 11.5 Å². The molecule has 42 heavy (non-hydrogen) atoms. The quantitative estimate of drug-likeness (QED) is 0.146. The third-order valence-corrected chi connectivity index (χ3v) is 6.84. The number of hydrogen-bond acceptors (Lipinski definition) is 4. The minimum absolute atomic E-state index is 0.0792. The van der Waals surface area contributed by atoms with Gasteiger partial charge < -0.3 is 9.47 Å². The first kappa shape index (κ1) is 30.4. The van der Waals surface area contributed by atoms with Crippen LogP contribution in [0.25, 0.3) is 0 Å². The Morgan fingerprint density at radius 1 is 0.500 bits per heavy atom. The molecule has 10 heteroatoms. The predicted molar refractivity (Wildman–Crippen MR) is 143 cm³/mol. The van der Waals surface area contributed by atoms with E-state index in [0.717, 1.165) is 48.5 Å². The van der Waals surface area contributed by atoms with Gasteiger partial charge in [-0.2, -0.15) is 26.3 Å². The summed E-state index contributed by atoms with van der Waals surface area (Å²) < 4.78 is 90.4. The van der Waals surface area contributed by atoms with Crippen LogP contribution in [0.1, 0.15) is 54.8 Å². The monoisotopic (exact) mass is 586 g/mol. The first-order valence-corrected chi connectivity index (χ1v) is 12.5. The molecule has 0 radical (unpaired) electrons. The molecule has 4 nitrogen and oxygen atoms in total. The Morgan fingerprint density at radius 2 is 0.786 bits per heavy atom. The summed E-state index contributed by atoms with van der Waals surface area (Å²) in [5.74, 6) is -3.16. The number of carbonyl (C=O) groups excluding carboxylic acids is 2. The Kier molecular flexibility index (Phi) is 8.75. The number of ether oxygens (including phenoxy) is 2. The second-order valence-corrected chi connectivity index (χ2v) is 9.38. The van der Waals surface area contributed by atoms with Gasteiger partial charge in [-0.25, -0.2) is 0 Å². The number of carbonyl (C=O) groups is 2. The van der Waals surface area contributed by atoms with Gasteiger partial charge in [0.15, 0.2) is 11.6 Å². The van der Waals surface area contributed by atoms with Crippen molar-refractivity contribution in [1.29, 1.82) is 0 Å². The number of benzene rings is 4. The van der Waals surface area contributed by atoms with Crippen molar-refractivity contribution in [1.82, 2.24) is 0 Å². The molecular weight excluding hydrogens is 562 g/mol. The number of Topliss-reactive ketones (excluding diaryl/α,β-unsaturated/α-hetero) is 2. The first-order chi connectivity index (χ1) is 19.8. The van der Waals surface area contributed by atoms with Gasteiger partial charge in [-0.05, 0) is 83.9 Å². The number of alkyl halides is 6. The van der Waals surface area contributed by atoms with Crippen LogP contribution >= 0.6 is 0 Å². The summed E-state index contributed by atoms with van der Waals surface area (Å²) >= 11 is 0. The molecule has 0 aliphatic heterocycles. The number of methoxy groups -OCH3 is 2. The summed E-state index contributed by atoms with van der Waals surface area (Å²) in [4.78, 5) is 28.2. The van der Waals surface area contributed by atoms with E-state index in [-0.39, 0.29) is 22.3 Å². The highest BCUT2D eigenvalue weighted by Gasteiger charge is 2.39. The molecule has 0 spiro atoms. The van der Waals surface area contributed by atoms with Gasteiger partial charge in [-0.1, -0.05) is 24.3 Å². The van der Waals surface area contributed by atoms with E-state index in [1.807, 2.05) is 0 Å². The van der Waals surface area contributed by atoms with Crippen molar-refractivity contribution in [3.63, 3.8) is 0 Å². The summed E-state index contributed by atoms with van der Waals surface area (Å²) in [6.45, 7) is 0. The first-order valence-electron chi connectivity index (χ1n) is 12.5. The van der Waals surface area contributed by atoms with E-state index in [0.29, 0.717) is 11.5 Å². The Bertz CT molecular complexity index is 1400. The van der Waals surface area contributed by atoms with Gasteiger partial charge in [0.2, 0.25) is 0 Å². The molecule has 0 bridgehead atoms. The van der Waals surface area contributed by atoms with Crippen LogP contribution in [0.5, 0.6) is 11.5 Å². The minimum Gasteiger partial charge on any atom is -0.497 e. The zero-order chi connectivity index (χ0) is 30.7. The highest BCUT2D eigenvalue weighted by molar-refractivity contribution is 6.09. The average Bonchev–Trinajstić information content (AvgIpc) is 2.98. The van der Waals surface area contributed by atoms with E-state index in [1.54, 1.807) is 0 Å². The maximum Gasteiger partial charge on any atom is 0.416 e. The minimum atomic E-state index is -4.65. The predicted octanol–water partition coefficient (Wildman–Crippen LogP) is 8.37. The smallest absolute Gasteiger partial charge is 0.416 e. The molecule has 218 valence electrons. The Labute approximate surface area is 237 Å². The van der Waals surface area contributed by atoms with Crippen LogP contribution < -0.4 is 9.47 Å². The van der Waals surface area contributed by atoms with Crippen LogP contribution in [-0.4, -0.2) is 25.8 Å². The van der Waals surface area contributed by atoms with Crippen molar-refractivity contribution >= 4 is 11.6 Å². The van der Waals surface area contributed by atoms with E-state index in [4.69, 9.17) is 9.47 Å². The van der Waals surface area contributed by atoms with Crippen LogP contribution in [0, 0.1) is 0 Å². The Morgan fingerprint density at radius 3 is 1.02 bits per heavy atom. The second kappa shape index (κ2) is 12.1. The van der Waals surface area contributed by atoms with Crippen LogP contribution in [0.3, 0.4) is 0 Å². The van der Waals surface area contributed by atoms with Crippen molar-refractivity contribution < 1.29 is 45.4 Å². The Hall–Kier alpha value is -4.60. The molecule has 0 N–H and O–H groups in total. The molecule has 2 unspecified atom stereocenters. The van der Waals surface area contributed by atoms with Crippen LogP contribution in [0.15, 0.2) is 97.1 Å². The molecule has 4 aromatic rings. The standard InChI is InChI=1S/C32H24F6O4/c1-41-25-15-7-21(8-16-25)29(39)27(19-3-11-23(12-4-19)31(33,34)35)28(20-5-13-24(14-6-20)32(36,37)38)30(40)22-9-17-26(42-2)18-10-22/h3-18,27-28H,1-2H3. The van der Waals surface area contributed by atoms with E-state index >= 15 is 0 Å². The van der Waals surface area contributed by atoms with Gasteiger partial charge in [0, 0.05) is 11.1 Å². The summed E-state index contributed by atoms with van der Waals surface area (Å²) in [5, 5.41) is 0. The number of rotatable bonds is 9. The van der Waals surface area contributed by atoms with E-state index in [2.05, 4.69) is 0 Å². The lowest BCUT2D eigenvalue weighted by Crippen LogP contribution is -2.27. The number of hydrogen-bond donors (Lipinski definition) is 0. The fourth-order valence-corrected chi connectivity index (χ4v) is 4.62. The van der Waals surface area contributed by atoms with Gasteiger partial charge >= 0.3 is 12.4 Å². The van der Waals surface area contributed by atoms with Crippen molar-refractivity contribution in [3.8, 4) is 11.5 Å². The zero-order valence-electron chi connectivity index (χ0n) is 22.3. The van der Waals surface area contributed by atoms with E-state index in [9.17, 15) is 35.9 Å². The SMILES string of the molecule is COc1ccc(C(=O)C(c2ccc(C(F)(F)F)cc2)C(C(=O)c2ccc(OC)cc2)c2ccc(C(F)(F)F)cc2)cc1. The third kappa shape index (κ3) is 6.64. The van der Waals surface area contributed by atoms with Gasteiger partial charge in [0.05, 0.1) is 37.2 Å². The third-order valence-electron chi connectivity index (χ3n) is 6.84. The van der Waals surface area contributed by atoms with Crippen LogP contribution in [-0.2, 0) is 12.4 Å². The van der Waals surface area contributed by atoms with E-state index < -0.39 is 46.9 Å². The normalized spacial score (nSPS) is 13.2. The fraction of sp³-hybridized carbons (Fsp3) is 0.188. The van der Waals surface area contributed by atoms with Gasteiger partial charge in [0.25, 0.3) is 0 Å². The molecule has 2 atom stereocenters. The summed E-state index contributed by atoms with van der Waals surface area (Å²) in [5.41, 5.74) is -1.52. The molecule has 0 saturated carbocycles. The lowest BCUT2D eigenvalue weighted by molar-refractivity contribution is -0.138. The molecule has 0 aromatic heterocycles. The summed E-state index contributed by atoms with van der Waals surface area (Å²) in [7, 11) is 2.85. The van der Waals surface area contributed by atoms with Crippen LogP contribution in [0.4, 0.5) is 26.3 Å². The summed E-state index contributed by atoms with van der Waals surface area (Å²) in [6, 6.07) is 19.4. The number of ketones is 2. The van der Waals surface area contributed by atoms with Crippen molar-refractivity contribution in [2.45, 2.75) is 24.2 Å². The molecule has 0 saturated heterocycles. The topological polar surface area (TPSA) is 52.6 Å². The fourth-order valence-electron chi connectivity index (χ4n) is 4.62. The molecule has 0 heterocycles. The van der Waals surface area contributed by atoms with E-state index in [1.165, 1.54) is 62.8 Å². The van der Waals surface area contributed by atoms with Gasteiger partial charge in [-0.15, -0.1) is 0 Å². The van der Waals surface area contributed by atoms with Crippen molar-refractivity contribution in [2.75, 3.05) is 14.2 Å². The molecule has 0 amide bonds. The van der Waals surface area contributed by atoms with Crippen molar-refractivity contribution in [2.24, 2.45) is 0 Å². The molecule has 4 rings (SSSR count). The lowest BCUT2D eigenvalue weighted by atomic mass is 9.73. The second-order valence-electron chi connectivity index (χ2n) is 9.38. The molecule has 0 aliphatic rings. The summed E-state index contributed by atoms with van der Waals surface area (Å²) in [6.07, 6.45) is -9.31. The van der Waals surface area contributed by atoms with Gasteiger partial charge in [-0.3, -0.25) is 9.59 Å². The maximum absolute atomic E-state index is 14.1. The number of halogens is 6. The molecule has 4 aromatic carbocycles. The van der Waals surface area contributed by atoms with Crippen molar-refractivity contribution in [3.05, 3.63) is 130 Å². The highest BCUT2D eigenvalue weighted by atomic mass is 19.4. The lowest BCUT2D eigenvalue weighted by Gasteiger charge is -2.27. The van der Waals surface area contributed by atoms with Crippen LogP contribution in [0.2, 0.25) is 0 Å². The molecule has 0 aliphatic carbocycles. The highest BCUT2D eigenvalue weighted by Crippen LogP contribution is 2.41. The maximum atomic E-state index is 14.1. The molecular formula is C32H24F6O4. The average molecular weight is 587 g/mol.